The van der Waals surface area contributed by atoms with E-state index in [9.17, 15) is 0 Å². The molecular weight excluding hydrogens is 272 g/mol. The average molecular weight is 298 g/mol. The lowest BCUT2D eigenvalue weighted by molar-refractivity contribution is 0.0176. The Balaban J connectivity index is 2.10. The fourth-order valence-electron chi connectivity index (χ4n) is 1.61. The van der Waals surface area contributed by atoms with E-state index in [0.29, 0.717) is 45.5 Å². The lowest BCUT2D eigenvalue weighted by Crippen LogP contribution is -2.14. The molecule has 6 heteroatoms. The van der Waals surface area contributed by atoms with Gasteiger partial charge in [0.2, 0.25) is 5.88 Å². The molecule has 0 aliphatic heterocycles. The van der Waals surface area contributed by atoms with Gasteiger partial charge >= 0.3 is 0 Å². The van der Waals surface area contributed by atoms with E-state index in [1.165, 1.54) is 0 Å². The molecule has 0 saturated heterocycles. The van der Waals surface area contributed by atoms with Crippen molar-refractivity contribution >= 4 is 0 Å². The molecule has 0 radical (unpaired) electrons. The summed E-state index contributed by atoms with van der Waals surface area (Å²) >= 11 is 0. The fourth-order valence-corrected chi connectivity index (χ4v) is 1.61. The molecule has 0 amide bonds. The van der Waals surface area contributed by atoms with Gasteiger partial charge in [-0.25, -0.2) is 4.98 Å². The van der Waals surface area contributed by atoms with Gasteiger partial charge in [-0.15, -0.1) is 0 Å². The molecule has 6 nitrogen and oxygen atoms in total. The molecule has 0 aliphatic rings. The largest absolute Gasteiger partial charge is 0.475 e. The maximum absolute atomic E-state index is 5.56. The second-order valence-electron chi connectivity index (χ2n) is 4.50. The van der Waals surface area contributed by atoms with Crippen LogP contribution >= 0.6 is 0 Å². The van der Waals surface area contributed by atoms with Crippen LogP contribution in [0.2, 0.25) is 0 Å². The number of ether oxygens (including phenoxy) is 4. The van der Waals surface area contributed by atoms with E-state index in [2.05, 4.69) is 17.2 Å². The molecule has 0 saturated carbocycles. The minimum Gasteiger partial charge on any atom is -0.475 e. The highest BCUT2D eigenvalue weighted by atomic mass is 16.6. The third kappa shape index (κ3) is 7.96. The summed E-state index contributed by atoms with van der Waals surface area (Å²) in [6.07, 6.45) is 1.75. The van der Waals surface area contributed by atoms with Gasteiger partial charge in [-0.1, -0.05) is 0 Å². The Morgan fingerprint density at radius 2 is 1.76 bits per heavy atom. The molecule has 0 aliphatic carbocycles. The van der Waals surface area contributed by atoms with E-state index >= 15 is 0 Å². The number of aromatic nitrogens is 1. The van der Waals surface area contributed by atoms with Crippen LogP contribution in [0.25, 0.3) is 0 Å². The SMILES string of the molecule is CNC(C)c1ccnc(OCCOCCOCCOC)c1. The lowest BCUT2D eigenvalue weighted by Gasteiger charge is -2.12. The first-order valence-corrected chi connectivity index (χ1v) is 7.18. The third-order valence-corrected chi connectivity index (χ3v) is 2.97. The van der Waals surface area contributed by atoms with Crippen LogP contribution in [-0.2, 0) is 14.2 Å². The van der Waals surface area contributed by atoms with Crippen molar-refractivity contribution in [1.29, 1.82) is 0 Å². The fraction of sp³-hybridized carbons (Fsp3) is 0.667. The molecule has 1 N–H and O–H groups in total. The Labute approximate surface area is 126 Å². The molecular formula is C15H26N2O4. The van der Waals surface area contributed by atoms with Gasteiger partial charge in [0.25, 0.3) is 0 Å². The third-order valence-electron chi connectivity index (χ3n) is 2.97. The first-order valence-electron chi connectivity index (χ1n) is 7.18. The summed E-state index contributed by atoms with van der Waals surface area (Å²) in [7, 11) is 3.58. The molecule has 1 unspecified atom stereocenters. The van der Waals surface area contributed by atoms with E-state index in [4.69, 9.17) is 18.9 Å². The van der Waals surface area contributed by atoms with E-state index < -0.39 is 0 Å². The predicted molar refractivity (Wildman–Crippen MR) is 80.7 cm³/mol. The van der Waals surface area contributed by atoms with Crippen molar-refractivity contribution in [1.82, 2.24) is 10.3 Å². The summed E-state index contributed by atoms with van der Waals surface area (Å²) in [6, 6.07) is 4.19. The first-order chi connectivity index (χ1) is 10.3. The Bertz CT molecular complexity index is 376. The van der Waals surface area contributed by atoms with Crippen molar-refractivity contribution in [2.75, 3.05) is 53.8 Å². The van der Waals surface area contributed by atoms with Gasteiger partial charge < -0.3 is 24.3 Å². The van der Waals surface area contributed by atoms with Crippen LogP contribution in [0.15, 0.2) is 18.3 Å². The van der Waals surface area contributed by atoms with E-state index in [1.54, 1.807) is 13.3 Å². The van der Waals surface area contributed by atoms with E-state index in [-0.39, 0.29) is 6.04 Å². The predicted octanol–water partition coefficient (Wildman–Crippen LogP) is 1.42. The Morgan fingerprint density at radius 3 is 2.43 bits per heavy atom. The lowest BCUT2D eigenvalue weighted by atomic mass is 10.1. The quantitative estimate of drug-likeness (QED) is 0.589. The topological polar surface area (TPSA) is 61.8 Å². The monoisotopic (exact) mass is 298 g/mol. The Hall–Kier alpha value is -1.21. The van der Waals surface area contributed by atoms with Crippen LogP contribution < -0.4 is 10.1 Å². The van der Waals surface area contributed by atoms with Crippen LogP contribution in [0.3, 0.4) is 0 Å². The van der Waals surface area contributed by atoms with Crippen LogP contribution in [-0.4, -0.2) is 58.8 Å². The zero-order valence-electron chi connectivity index (χ0n) is 13.1. The Kier molecular flexibility index (Phi) is 9.73. The highest BCUT2D eigenvalue weighted by Gasteiger charge is 2.04. The van der Waals surface area contributed by atoms with Crippen molar-refractivity contribution in [2.45, 2.75) is 13.0 Å². The minimum absolute atomic E-state index is 0.274. The number of nitrogens with zero attached hydrogens (tertiary/aromatic N) is 1. The summed E-state index contributed by atoms with van der Waals surface area (Å²) in [6.45, 7) is 5.40. The van der Waals surface area contributed by atoms with Crippen LogP contribution in [0, 0.1) is 0 Å². The first kappa shape index (κ1) is 17.8. The maximum Gasteiger partial charge on any atom is 0.213 e. The van der Waals surface area contributed by atoms with Crippen molar-refractivity contribution in [3.8, 4) is 5.88 Å². The average Bonchev–Trinajstić information content (AvgIpc) is 2.53. The number of nitrogens with one attached hydrogen (secondary N) is 1. The summed E-state index contributed by atoms with van der Waals surface area (Å²) in [5.74, 6) is 0.620. The molecule has 1 heterocycles. The van der Waals surface area contributed by atoms with Gasteiger partial charge in [-0.05, 0) is 25.6 Å². The van der Waals surface area contributed by atoms with Gasteiger partial charge in [0, 0.05) is 25.4 Å². The van der Waals surface area contributed by atoms with Crippen LogP contribution in [0.4, 0.5) is 0 Å². The van der Waals surface area contributed by atoms with E-state index in [0.717, 1.165) is 5.56 Å². The van der Waals surface area contributed by atoms with E-state index in [1.807, 2.05) is 19.2 Å². The zero-order chi connectivity index (χ0) is 15.3. The summed E-state index contributed by atoms with van der Waals surface area (Å²) in [5, 5.41) is 3.18. The number of hydrogen-bond acceptors (Lipinski definition) is 6. The summed E-state index contributed by atoms with van der Waals surface area (Å²) in [5.41, 5.74) is 1.15. The normalized spacial score (nSPS) is 12.3. The number of methoxy groups -OCH3 is 1. The zero-order valence-corrected chi connectivity index (χ0v) is 13.1. The molecule has 0 bridgehead atoms. The van der Waals surface area contributed by atoms with Crippen molar-refractivity contribution < 1.29 is 18.9 Å². The van der Waals surface area contributed by atoms with Gasteiger partial charge in [-0.2, -0.15) is 0 Å². The highest BCUT2D eigenvalue weighted by molar-refractivity contribution is 5.23. The maximum atomic E-state index is 5.56. The molecule has 21 heavy (non-hydrogen) atoms. The molecule has 1 rings (SSSR count). The smallest absolute Gasteiger partial charge is 0.213 e. The number of pyridine rings is 1. The minimum atomic E-state index is 0.274. The van der Waals surface area contributed by atoms with Crippen molar-refractivity contribution in [3.05, 3.63) is 23.9 Å². The van der Waals surface area contributed by atoms with Crippen molar-refractivity contribution in [2.24, 2.45) is 0 Å². The molecule has 0 spiro atoms. The van der Waals surface area contributed by atoms with Gasteiger partial charge in [0.05, 0.1) is 33.0 Å². The number of hydrogen-bond donors (Lipinski definition) is 1. The van der Waals surface area contributed by atoms with Gasteiger partial charge in [-0.3, -0.25) is 0 Å². The summed E-state index contributed by atoms with van der Waals surface area (Å²) < 4.78 is 21.1. The molecule has 1 atom stereocenters. The molecule has 0 fully saturated rings. The standard InChI is InChI=1S/C15H26N2O4/c1-13(16-2)14-4-5-17-15(12-14)21-11-10-20-9-8-19-7-6-18-3/h4-5,12-13,16H,6-11H2,1-3H3. The van der Waals surface area contributed by atoms with Crippen LogP contribution in [0.1, 0.15) is 18.5 Å². The molecule has 1 aromatic rings. The number of rotatable bonds is 12. The van der Waals surface area contributed by atoms with Gasteiger partial charge in [0.1, 0.15) is 6.61 Å². The van der Waals surface area contributed by atoms with Crippen molar-refractivity contribution in [3.63, 3.8) is 0 Å². The second-order valence-corrected chi connectivity index (χ2v) is 4.50. The van der Waals surface area contributed by atoms with Crippen LogP contribution in [0.5, 0.6) is 5.88 Å². The highest BCUT2D eigenvalue weighted by Crippen LogP contribution is 2.15. The van der Waals surface area contributed by atoms with Gasteiger partial charge in [0.15, 0.2) is 0 Å². The molecule has 1 aromatic heterocycles. The Morgan fingerprint density at radius 1 is 1.10 bits per heavy atom. The molecule has 0 aromatic carbocycles. The molecule has 120 valence electrons. The summed E-state index contributed by atoms with van der Waals surface area (Å²) in [4.78, 5) is 4.18. The second kappa shape index (κ2) is 11.4.